The highest BCUT2D eigenvalue weighted by Crippen LogP contribution is 2.40. The van der Waals surface area contributed by atoms with Gasteiger partial charge in [-0.15, -0.1) is 11.8 Å². The second-order valence-electron chi connectivity index (χ2n) is 6.99. The molecular formula is C24H28O5S. The zero-order chi connectivity index (χ0) is 22.4. The highest BCUT2D eigenvalue weighted by Gasteiger charge is 2.25. The second kappa shape index (κ2) is 10.3. The molecule has 160 valence electrons. The number of carbonyl (C=O) groups excluding carboxylic acids is 2. The van der Waals surface area contributed by atoms with Crippen molar-refractivity contribution in [3.8, 4) is 11.5 Å². The van der Waals surface area contributed by atoms with E-state index >= 15 is 0 Å². The van der Waals surface area contributed by atoms with Crippen molar-refractivity contribution in [1.82, 2.24) is 0 Å². The fourth-order valence-corrected chi connectivity index (χ4v) is 3.69. The molecule has 0 bridgehead atoms. The van der Waals surface area contributed by atoms with Gasteiger partial charge in [0, 0.05) is 21.6 Å². The normalized spacial score (nSPS) is 11.1. The Hall–Kier alpha value is -2.73. The van der Waals surface area contributed by atoms with Crippen molar-refractivity contribution >= 4 is 29.6 Å². The summed E-state index contributed by atoms with van der Waals surface area (Å²) >= 11 is 1.62. The van der Waals surface area contributed by atoms with Crippen molar-refractivity contribution in [3.63, 3.8) is 0 Å². The number of esters is 1. The molecule has 5 nitrogen and oxygen atoms in total. The number of benzene rings is 2. The summed E-state index contributed by atoms with van der Waals surface area (Å²) in [6, 6.07) is 7.43. The first kappa shape index (κ1) is 23.5. The fraction of sp³-hybridized carbons (Fsp3) is 0.333. The van der Waals surface area contributed by atoms with Crippen LogP contribution >= 0.6 is 11.8 Å². The molecule has 30 heavy (non-hydrogen) atoms. The molecule has 0 saturated carbocycles. The van der Waals surface area contributed by atoms with E-state index in [0.717, 1.165) is 4.90 Å². The number of carbonyl (C=O) groups is 2. The standard InChI is InChI=1S/C24H28O5S/c1-14(2)29-24(26)21-15(3)22(27-5)19(23(28-6)16(21)4)12-13-20(25)17-8-10-18(30-7)11-9-17/h8-14H,1-7H3. The quantitative estimate of drug-likeness (QED) is 0.239. The monoisotopic (exact) mass is 428 g/mol. The molecule has 0 unspecified atom stereocenters. The van der Waals surface area contributed by atoms with Gasteiger partial charge in [-0.3, -0.25) is 4.79 Å². The van der Waals surface area contributed by atoms with Crippen molar-refractivity contribution < 1.29 is 23.8 Å². The Morgan fingerprint density at radius 3 is 1.93 bits per heavy atom. The van der Waals surface area contributed by atoms with Gasteiger partial charge in [-0.25, -0.2) is 4.79 Å². The Kier molecular flexibility index (Phi) is 8.12. The summed E-state index contributed by atoms with van der Waals surface area (Å²) in [4.78, 5) is 26.4. The van der Waals surface area contributed by atoms with Crippen molar-refractivity contribution in [2.24, 2.45) is 0 Å². The smallest absolute Gasteiger partial charge is 0.339 e. The summed E-state index contributed by atoms with van der Waals surface area (Å²) in [5.74, 6) is 0.368. The summed E-state index contributed by atoms with van der Waals surface area (Å²) in [5.41, 5.74) is 2.88. The molecule has 6 heteroatoms. The first-order chi connectivity index (χ1) is 14.2. The van der Waals surface area contributed by atoms with Gasteiger partial charge in [-0.2, -0.15) is 0 Å². The number of methoxy groups -OCH3 is 2. The lowest BCUT2D eigenvalue weighted by molar-refractivity contribution is 0.0375. The van der Waals surface area contributed by atoms with Gasteiger partial charge >= 0.3 is 5.97 Å². The van der Waals surface area contributed by atoms with E-state index in [0.29, 0.717) is 39.3 Å². The molecule has 0 heterocycles. The summed E-state index contributed by atoms with van der Waals surface area (Å²) < 4.78 is 16.6. The lowest BCUT2D eigenvalue weighted by Crippen LogP contribution is -2.16. The zero-order valence-corrected chi connectivity index (χ0v) is 19.3. The van der Waals surface area contributed by atoms with Crippen LogP contribution < -0.4 is 9.47 Å². The molecule has 0 radical (unpaired) electrons. The minimum absolute atomic E-state index is 0.134. The first-order valence-corrected chi connectivity index (χ1v) is 10.8. The van der Waals surface area contributed by atoms with Crippen LogP contribution in [0, 0.1) is 13.8 Å². The molecule has 0 aromatic heterocycles. The molecule has 0 atom stereocenters. The molecule has 0 fully saturated rings. The summed E-state index contributed by atoms with van der Waals surface area (Å²) in [6.45, 7) is 7.18. The van der Waals surface area contributed by atoms with Crippen molar-refractivity contribution in [2.45, 2.75) is 38.7 Å². The third-order valence-corrected chi connectivity index (χ3v) is 5.40. The van der Waals surface area contributed by atoms with Gasteiger partial charge in [0.15, 0.2) is 5.78 Å². The summed E-state index contributed by atoms with van der Waals surface area (Å²) in [6.07, 6.45) is 4.89. The Bertz CT molecular complexity index is 928. The summed E-state index contributed by atoms with van der Waals surface area (Å²) in [5, 5.41) is 0. The number of hydrogen-bond acceptors (Lipinski definition) is 6. The lowest BCUT2D eigenvalue weighted by atomic mass is 9.95. The van der Waals surface area contributed by atoms with Gasteiger partial charge in [-0.1, -0.05) is 0 Å². The van der Waals surface area contributed by atoms with Crippen LogP contribution in [-0.2, 0) is 4.74 Å². The molecule has 0 saturated heterocycles. The van der Waals surface area contributed by atoms with Crippen LogP contribution in [0.3, 0.4) is 0 Å². The highest BCUT2D eigenvalue weighted by molar-refractivity contribution is 7.98. The van der Waals surface area contributed by atoms with E-state index in [1.165, 1.54) is 20.3 Å². The van der Waals surface area contributed by atoms with Gasteiger partial charge in [0.05, 0.1) is 31.5 Å². The average Bonchev–Trinajstić information content (AvgIpc) is 2.71. The molecular weight excluding hydrogens is 400 g/mol. The largest absolute Gasteiger partial charge is 0.496 e. The SMILES string of the molecule is COc1c(C)c(C(=O)OC(C)C)c(C)c(OC)c1C=CC(=O)c1ccc(SC)cc1. The van der Waals surface area contributed by atoms with E-state index in [9.17, 15) is 9.59 Å². The maximum Gasteiger partial charge on any atom is 0.339 e. The first-order valence-electron chi connectivity index (χ1n) is 9.57. The number of ether oxygens (including phenoxy) is 3. The van der Waals surface area contributed by atoms with Gasteiger partial charge in [0.2, 0.25) is 0 Å². The molecule has 0 N–H and O–H groups in total. The molecule has 2 aromatic carbocycles. The van der Waals surface area contributed by atoms with Crippen LogP contribution in [0.5, 0.6) is 11.5 Å². The fourth-order valence-electron chi connectivity index (χ4n) is 3.28. The third-order valence-electron chi connectivity index (χ3n) is 4.65. The second-order valence-corrected chi connectivity index (χ2v) is 7.86. The van der Waals surface area contributed by atoms with Crippen molar-refractivity contribution in [1.29, 1.82) is 0 Å². The predicted octanol–water partition coefficient (Wildman–Crippen LogP) is 5.50. The topological polar surface area (TPSA) is 61.8 Å². The summed E-state index contributed by atoms with van der Waals surface area (Å²) in [7, 11) is 3.05. The average molecular weight is 429 g/mol. The lowest BCUT2D eigenvalue weighted by Gasteiger charge is -2.20. The Balaban J connectivity index is 2.52. The molecule has 2 rings (SSSR count). The van der Waals surface area contributed by atoms with Gasteiger partial charge in [0.1, 0.15) is 11.5 Å². The van der Waals surface area contributed by atoms with E-state index in [4.69, 9.17) is 14.2 Å². The molecule has 0 aliphatic carbocycles. The highest BCUT2D eigenvalue weighted by atomic mass is 32.2. The number of rotatable bonds is 8. The molecule has 0 aliphatic heterocycles. The van der Waals surface area contributed by atoms with E-state index in [1.807, 2.05) is 18.4 Å². The van der Waals surface area contributed by atoms with Crippen LogP contribution in [-0.4, -0.2) is 38.3 Å². The van der Waals surface area contributed by atoms with Crippen molar-refractivity contribution in [2.75, 3.05) is 20.5 Å². The van der Waals surface area contributed by atoms with E-state index in [1.54, 1.807) is 57.7 Å². The van der Waals surface area contributed by atoms with Gasteiger partial charge in [0.25, 0.3) is 0 Å². The Morgan fingerprint density at radius 1 is 0.967 bits per heavy atom. The number of ketones is 1. The van der Waals surface area contributed by atoms with E-state index < -0.39 is 5.97 Å². The Labute approximate surface area is 182 Å². The predicted molar refractivity (Wildman–Crippen MR) is 121 cm³/mol. The maximum absolute atomic E-state index is 12.6. The number of hydrogen-bond donors (Lipinski definition) is 0. The molecule has 0 aliphatic rings. The molecule has 0 spiro atoms. The van der Waals surface area contributed by atoms with Crippen molar-refractivity contribution in [3.05, 3.63) is 58.2 Å². The van der Waals surface area contributed by atoms with Gasteiger partial charge in [-0.05, 0) is 70.4 Å². The van der Waals surface area contributed by atoms with Crippen LogP contribution in [0.4, 0.5) is 0 Å². The Morgan fingerprint density at radius 2 is 1.50 bits per heavy atom. The van der Waals surface area contributed by atoms with Gasteiger partial charge < -0.3 is 14.2 Å². The van der Waals surface area contributed by atoms with Crippen LogP contribution in [0.1, 0.15) is 51.3 Å². The zero-order valence-electron chi connectivity index (χ0n) is 18.5. The molecule has 2 aromatic rings. The maximum atomic E-state index is 12.6. The third kappa shape index (κ3) is 5.05. The minimum Gasteiger partial charge on any atom is -0.496 e. The molecule has 0 amide bonds. The van der Waals surface area contributed by atoms with E-state index in [2.05, 4.69) is 0 Å². The van der Waals surface area contributed by atoms with Crippen LogP contribution in [0.15, 0.2) is 35.2 Å². The minimum atomic E-state index is -0.433. The van der Waals surface area contributed by atoms with E-state index in [-0.39, 0.29) is 11.9 Å². The van der Waals surface area contributed by atoms with Crippen LogP contribution in [0.25, 0.3) is 6.08 Å². The number of thioether (sulfide) groups is 1. The van der Waals surface area contributed by atoms with Crippen LogP contribution in [0.2, 0.25) is 0 Å². The number of allylic oxidation sites excluding steroid dienone is 1.